The van der Waals surface area contributed by atoms with E-state index < -0.39 is 18.1 Å². The molecule has 1 N–H and O–H groups in total. The second-order valence-electron chi connectivity index (χ2n) is 4.91. The number of nitrogens with one attached hydrogen (secondary N) is 1. The van der Waals surface area contributed by atoms with Crippen LogP contribution in [-0.4, -0.2) is 31.0 Å². The van der Waals surface area contributed by atoms with Crippen molar-refractivity contribution in [3.8, 4) is 0 Å². The molecule has 0 fully saturated rings. The Hall–Kier alpha value is -2.47. The van der Waals surface area contributed by atoms with E-state index in [9.17, 15) is 9.59 Å². The third-order valence-corrected chi connectivity index (χ3v) is 4.26. The van der Waals surface area contributed by atoms with Gasteiger partial charge in [-0.3, -0.25) is 0 Å². The summed E-state index contributed by atoms with van der Waals surface area (Å²) in [5, 5.41) is 2.55. The van der Waals surface area contributed by atoms with E-state index in [1.807, 2.05) is 60.7 Å². The van der Waals surface area contributed by atoms with Crippen LogP contribution in [0.5, 0.6) is 0 Å². The van der Waals surface area contributed by atoms with Crippen LogP contribution in [0.1, 0.15) is 5.56 Å². The molecular weight excluding hydrogens is 326 g/mol. The second kappa shape index (κ2) is 9.62. The number of benzene rings is 2. The normalized spacial score (nSPS) is 11.4. The standard InChI is InChI=1S/C18H19NO4S/c1-22-17(20)16(13-24-15-10-6-3-7-11-15)19-18(21)23-12-14-8-4-2-5-9-14/h2-11,16H,12-13H2,1H3,(H,19,21). The van der Waals surface area contributed by atoms with Gasteiger partial charge in [-0.2, -0.15) is 0 Å². The average molecular weight is 345 g/mol. The van der Waals surface area contributed by atoms with Gasteiger partial charge in [0.25, 0.3) is 0 Å². The molecule has 0 saturated heterocycles. The number of rotatable bonds is 7. The monoisotopic (exact) mass is 345 g/mol. The van der Waals surface area contributed by atoms with Gasteiger partial charge in [0.1, 0.15) is 12.6 Å². The highest BCUT2D eigenvalue weighted by Crippen LogP contribution is 2.18. The number of carbonyl (C=O) groups is 2. The number of hydrogen-bond donors (Lipinski definition) is 1. The van der Waals surface area contributed by atoms with Crippen LogP contribution < -0.4 is 5.32 Å². The lowest BCUT2D eigenvalue weighted by Gasteiger charge is -2.16. The van der Waals surface area contributed by atoms with Crippen LogP contribution in [-0.2, 0) is 20.9 Å². The van der Waals surface area contributed by atoms with E-state index in [4.69, 9.17) is 9.47 Å². The molecule has 0 spiro atoms. The van der Waals surface area contributed by atoms with E-state index in [1.165, 1.54) is 18.9 Å². The first kappa shape index (κ1) is 17.9. The van der Waals surface area contributed by atoms with E-state index in [1.54, 1.807) is 0 Å². The van der Waals surface area contributed by atoms with Crippen LogP contribution in [0.2, 0.25) is 0 Å². The summed E-state index contributed by atoms with van der Waals surface area (Å²) in [6.07, 6.45) is -0.650. The van der Waals surface area contributed by atoms with Gasteiger partial charge in [0.15, 0.2) is 0 Å². The molecule has 0 aliphatic rings. The van der Waals surface area contributed by atoms with Crippen molar-refractivity contribution in [3.63, 3.8) is 0 Å². The molecule has 24 heavy (non-hydrogen) atoms. The summed E-state index contributed by atoms with van der Waals surface area (Å²) in [7, 11) is 1.29. The van der Waals surface area contributed by atoms with E-state index in [-0.39, 0.29) is 6.61 Å². The van der Waals surface area contributed by atoms with Crippen molar-refractivity contribution in [2.24, 2.45) is 0 Å². The number of amides is 1. The largest absolute Gasteiger partial charge is 0.467 e. The first-order valence-corrected chi connectivity index (χ1v) is 8.40. The number of thioether (sulfide) groups is 1. The van der Waals surface area contributed by atoms with Crippen LogP contribution in [0.15, 0.2) is 65.6 Å². The maximum absolute atomic E-state index is 11.9. The molecule has 1 unspecified atom stereocenters. The van der Waals surface area contributed by atoms with Gasteiger partial charge in [-0.15, -0.1) is 11.8 Å². The Kier molecular flexibility index (Phi) is 7.17. The Balaban J connectivity index is 1.85. The molecule has 5 nitrogen and oxygen atoms in total. The van der Waals surface area contributed by atoms with Gasteiger partial charge >= 0.3 is 12.1 Å². The molecule has 0 radical (unpaired) electrons. The lowest BCUT2D eigenvalue weighted by molar-refractivity contribution is -0.142. The maximum Gasteiger partial charge on any atom is 0.408 e. The molecule has 0 aliphatic carbocycles. The molecule has 0 aliphatic heterocycles. The van der Waals surface area contributed by atoms with Gasteiger partial charge < -0.3 is 14.8 Å². The Bertz CT molecular complexity index is 649. The van der Waals surface area contributed by atoms with Gasteiger partial charge in [0.05, 0.1) is 7.11 Å². The van der Waals surface area contributed by atoms with Gasteiger partial charge in [0.2, 0.25) is 0 Å². The molecule has 126 valence electrons. The lowest BCUT2D eigenvalue weighted by Crippen LogP contribution is -2.43. The van der Waals surface area contributed by atoms with Crippen molar-refractivity contribution in [3.05, 3.63) is 66.2 Å². The predicted molar refractivity (Wildman–Crippen MR) is 92.7 cm³/mol. The Morgan fingerprint density at radius 1 is 1.04 bits per heavy atom. The molecule has 0 aromatic heterocycles. The van der Waals surface area contributed by atoms with Crippen molar-refractivity contribution in [2.45, 2.75) is 17.5 Å². The van der Waals surface area contributed by atoms with Crippen LogP contribution in [0.3, 0.4) is 0 Å². The Morgan fingerprint density at radius 3 is 2.29 bits per heavy atom. The summed E-state index contributed by atoms with van der Waals surface area (Å²) in [5.41, 5.74) is 0.876. The average Bonchev–Trinajstić information content (AvgIpc) is 2.64. The fourth-order valence-corrected chi connectivity index (χ4v) is 2.84. The molecule has 0 bridgehead atoms. The molecule has 2 aromatic rings. The van der Waals surface area contributed by atoms with Crippen molar-refractivity contribution in [1.82, 2.24) is 5.32 Å². The van der Waals surface area contributed by atoms with Crippen LogP contribution in [0.25, 0.3) is 0 Å². The minimum absolute atomic E-state index is 0.145. The molecule has 1 amide bonds. The topological polar surface area (TPSA) is 64.6 Å². The van der Waals surface area contributed by atoms with Gasteiger partial charge in [-0.05, 0) is 17.7 Å². The fourth-order valence-electron chi connectivity index (χ4n) is 1.91. The summed E-state index contributed by atoms with van der Waals surface area (Å²) in [6, 6.07) is 18.2. The highest BCUT2D eigenvalue weighted by atomic mass is 32.2. The fraction of sp³-hybridized carbons (Fsp3) is 0.222. The van der Waals surface area contributed by atoms with E-state index in [2.05, 4.69) is 5.32 Å². The SMILES string of the molecule is COC(=O)C(CSc1ccccc1)NC(=O)OCc1ccccc1. The summed E-state index contributed by atoms with van der Waals surface area (Å²) in [5.74, 6) is -0.146. The summed E-state index contributed by atoms with van der Waals surface area (Å²) >= 11 is 1.46. The minimum Gasteiger partial charge on any atom is -0.467 e. The number of esters is 1. The minimum atomic E-state index is -0.775. The van der Waals surface area contributed by atoms with Crippen molar-refractivity contribution in [2.75, 3.05) is 12.9 Å². The molecule has 2 rings (SSSR count). The zero-order chi connectivity index (χ0) is 17.2. The lowest BCUT2D eigenvalue weighted by atomic mass is 10.2. The third-order valence-electron chi connectivity index (χ3n) is 3.15. The number of ether oxygens (including phenoxy) is 2. The molecule has 1 atom stereocenters. The van der Waals surface area contributed by atoms with Crippen LogP contribution in [0.4, 0.5) is 4.79 Å². The summed E-state index contributed by atoms with van der Waals surface area (Å²) < 4.78 is 9.88. The number of carbonyl (C=O) groups excluding carboxylic acids is 2. The number of alkyl carbamates (subject to hydrolysis) is 1. The van der Waals surface area contributed by atoms with Crippen LogP contribution in [0, 0.1) is 0 Å². The number of methoxy groups -OCH3 is 1. The quantitative estimate of drug-likeness (QED) is 0.616. The van der Waals surface area contributed by atoms with Crippen molar-refractivity contribution >= 4 is 23.8 Å². The zero-order valence-electron chi connectivity index (χ0n) is 13.3. The van der Waals surface area contributed by atoms with E-state index >= 15 is 0 Å². The van der Waals surface area contributed by atoms with Crippen molar-refractivity contribution < 1.29 is 19.1 Å². The van der Waals surface area contributed by atoms with Gasteiger partial charge in [-0.1, -0.05) is 48.5 Å². The summed E-state index contributed by atoms with van der Waals surface area (Å²) in [4.78, 5) is 24.8. The first-order chi connectivity index (χ1) is 11.7. The second-order valence-corrected chi connectivity index (χ2v) is 6.00. The Morgan fingerprint density at radius 2 is 1.67 bits per heavy atom. The van der Waals surface area contributed by atoms with Gasteiger partial charge in [-0.25, -0.2) is 9.59 Å². The molecule has 0 heterocycles. The number of hydrogen-bond acceptors (Lipinski definition) is 5. The summed E-state index contributed by atoms with van der Waals surface area (Å²) in [6.45, 7) is 0.145. The van der Waals surface area contributed by atoms with E-state index in [0.29, 0.717) is 5.75 Å². The smallest absolute Gasteiger partial charge is 0.408 e. The van der Waals surface area contributed by atoms with E-state index in [0.717, 1.165) is 10.5 Å². The zero-order valence-corrected chi connectivity index (χ0v) is 14.1. The maximum atomic E-state index is 11.9. The highest BCUT2D eigenvalue weighted by molar-refractivity contribution is 7.99. The van der Waals surface area contributed by atoms with Gasteiger partial charge in [0, 0.05) is 10.6 Å². The third kappa shape index (κ3) is 5.96. The van der Waals surface area contributed by atoms with Crippen LogP contribution >= 0.6 is 11.8 Å². The molecular formula is C18H19NO4S. The molecule has 2 aromatic carbocycles. The van der Waals surface area contributed by atoms with Crippen molar-refractivity contribution in [1.29, 1.82) is 0 Å². The molecule has 0 saturated carbocycles. The first-order valence-electron chi connectivity index (χ1n) is 7.42. The Labute approximate surface area is 145 Å². The highest BCUT2D eigenvalue weighted by Gasteiger charge is 2.22. The predicted octanol–water partition coefficient (Wildman–Crippen LogP) is 3.25. The molecule has 6 heteroatoms.